The fourth-order valence-electron chi connectivity index (χ4n) is 2.10. The van der Waals surface area contributed by atoms with E-state index in [1.807, 2.05) is 29.2 Å². The summed E-state index contributed by atoms with van der Waals surface area (Å²) >= 11 is 6.18. The van der Waals surface area contributed by atoms with Crippen LogP contribution in [0.25, 0.3) is 0 Å². The van der Waals surface area contributed by atoms with Gasteiger partial charge >= 0.3 is 0 Å². The summed E-state index contributed by atoms with van der Waals surface area (Å²) in [6.45, 7) is 3.38. The Kier molecular flexibility index (Phi) is 5.64. The minimum atomic E-state index is -0.191. The van der Waals surface area contributed by atoms with Gasteiger partial charge in [0.2, 0.25) is 0 Å². The van der Waals surface area contributed by atoms with Crippen molar-refractivity contribution in [2.45, 2.75) is 6.10 Å². The normalized spacial score (nSPS) is 18.1. The van der Waals surface area contributed by atoms with Crippen LogP contribution in [0.4, 0.5) is 0 Å². The van der Waals surface area contributed by atoms with Crippen molar-refractivity contribution in [3.63, 3.8) is 0 Å². The number of rotatable bonds is 4. The number of methoxy groups -OCH3 is 1. The monoisotopic (exact) mass is 297 g/mol. The highest BCUT2D eigenvalue weighted by Crippen LogP contribution is 2.25. The van der Waals surface area contributed by atoms with Crippen LogP contribution >= 0.6 is 11.6 Å². The largest absolute Gasteiger partial charge is 0.378 e. The predicted molar refractivity (Wildman–Crippen MR) is 80.1 cm³/mol. The van der Waals surface area contributed by atoms with Gasteiger partial charge in [-0.05, 0) is 6.07 Å². The Morgan fingerprint density at radius 1 is 1.45 bits per heavy atom. The summed E-state index contributed by atoms with van der Waals surface area (Å²) in [5.41, 5.74) is 6.93. The average molecular weight is 298 g/mol. The topological polar surface area (TPSA) is 60.1 Å². The van der Waals surface area contributed by atoms with Gasteiger partial charge in [-0.2, -0.15) is 0 Å². The van der Waals surface area contributed by atoms with Crippen LogP contribution in [0.5, 0.6) is 0 Å². The lowest BCUT2D eigenvalue weighted by atomic mass is 10.1. The van der Waals surface area contributed by atoms with Gasteiger partial charge in [0.1, 0.15) is 6.10 Å². The first-order valence-corrected chi connectivity index (χ1v) is 7.00. The molecule has 1 fully saturated rings. The summed E-state index contributed by atoms with van der Waals surface area (Å²) in [7, 11) is 1.65. The van der Waals surface area contributed by atoms with Crippen molar-refractivity contribution in [2.24, 2.45) is 10.7 Å². The van der Waals surface area contributed by atoms with E-state index in [4.69, 9.17) is 26.8 Å². The zero-order valence-corrected chi connectivity index (χ0v) is 12.3. The molecule has 0 aromatic heterocycles. The van der Waals surface area contributed by atoms with Gasteiger partial charge in [0, 0.05) is 30.8 Å². The average Bonchev–Trinajstić information content (AvgIpc) is 2.50. The molecule has 0 spiro atoms. The van der Waals surface area contributed by atoms with Gasteiger partial charge in [0.05, 0.1) is 19.8 Å². The molecule has 6 heteroatoms. The number of halogens is 1. The number of hydrogen-bond acceptors (Lipinski definition) is 3. The zero-order chi connectivity index (χ0) is 14.4. The maximum atomic E-state index is 6.18. The summed E-state index contributed by atoms with van der Waals surface area (Å²) in [6.07, 6.45) is -0.191. The number of hydrogen-bond donors (Lipinski definition) is 1. The summed E-state index contributed by atoms with van der Waals surface area (Å²) in [5.74, 6) is 0.530. The Labute approximate surface area is 124 Å². The second-order valence-corrected chi connectivity index (χ2v) is 4.95. The van der Waals surface area contributed by atoms with Crippen LogP contribution in [-0.2, 0) is 9.47 Å². The van der Waals surface area contributed by atoms with Crippen molar-refractivity contribution in [1.29, 1.82) is 0 Å². The number of morpholine rings is 1. The summed E-state index contributed by atoms with van der Waals surface area (Å²) in [4.78, 5) is 6.43. The summed E-state index contributed by atoms with van der Waals surface area (Å²) in [5, 5.41) is 0.680. The minimum Gasteiger partial charge on any atom is -0.378 e. The van der Waals surface area contributed by atoms with Crippen LogP contribution in [-0.4, -0.2) is 50.8 Å². The summed E-state index contributed by atoms with van der Waals surface area (Å²) < 4.78 is 10.8. The number of nitrogens with zero attached hydrogens (tertiary/aromatic N) is 2. The van der Waals surface area contributed by atoms with Crippen LogP contribution < -0.4 is 5.73 Å². The molecule has 0 unspecified atom stereocenters. The van der Waals surface area contributed by atoms with E-state index < -0.39 is 0 Å². The molecule has 0 bridgehead atoms. The lowest BCUT2D eigenvalue weighted by Gasteiger charge is -2.28. The van der Waals surface area contributed by atoms with Gasteiger partial charge in [-0.1, -0.05) is 29.8 Å². The molecule has 5 nitrogen and oxygen atoms in total. The third kappa shape index (κ3) is 3.85. The van der Waals surface area contributed by atoms with Crippen molar-refractivity contribution < 1.29 is 9.47 Å². The fourth-order valence-corrected chi connectivity index (χ4v) is 2.36. The highest BCUT2D eigenvalue weighted by atomic mass is 35.5. The van der Waals surface area contributed by atoms with E-state index in [0.717, 1.165) is 18.7 Å². The molecule has 1 aromatic rings. The second-order valence-electron chi connectivity index (χ2n) is 4.54. The number of guanidine groups is 1. The van der Waals surface area contributed by atoms with Crippen molar-refractivity contribution >= 4 is 17.6 Å². The number of nitrogens with two attached hydrogens (primary N) is 1. The first-order chi connectivity index (χ1) is 9.72. The molecule has 1 aliphatic rings. The van der Waals surface area contributed by atoms with Gasteiger partial charge in [-0.25, -0.2) is 0 Å². The van der Waals surface area contributed by atoms with E-state index in [0.29, 0.717) is 30.7 Å². The third-order valence-electron chi connectivity index (χ3n) is 3.29. The zero-order valence-electron chi connectivity index (χ0n) is 11.6. The molecule has 20 heavy (non-hydrogen) atoms. The molecule has 1 aromatic carbocycles. The molecule has 1 heterocycles. The molecular weight excluding hydrogens is 278 g/mol. The Morgan fingerprint density at radius 3 is 2.80 bits per heavy atom. The molecule has 110 valence electrons. The van der Waals surface area contributed by atoms with Gasteiger partial charge < -0.3 is 20.1 Å². The van der Waals surface area contributed by atoms with Crippen molar-refractivity contribution in [2.75, 3.05) is 40.0 Å². The van der Waals surface area contributed by atoms with E-state index in [-0.39, 0.29) is 6.10 Å². The third-order valence-corrected chi connectivity index (χ3v) is 3.64. The van der Waals surface area contributed by atoms with Crippen molar-refractivity contribution in [3.05, 3.63) is 34.9 Å². The molecule has 0 radical (unpaired) electrons. The Bertz CT molecular complexity index is 461. The molecule has 2 rings (SSSR count). The maximum absolute atomic E-state index is 6.18. The molecule has 1 saturated heterocycles. The molecule has 0 amide bonds. The molecule has 0 saturated carbocycles. The number of benzene rings is 1. The Hall–Kier alpha value is -1.30. The van der Waals surface area contributed by atoms with Gasteiger partial charge in [-0.15, -0.1) is 0 Å². The summed E-state index contributed by atoms with van der Waals surface area (Å²) in [6, 6.07) is 7.61. The van der Waals surface area contributed by atoms with Gasteiger partial charge in [-0.3, -0.25) is 4.99 Å². The van der Waals surface area contributed by atoms with Crippen molar-refractivity contribution in [1.82, 2.24) is 4.90 Å². The quantitative estimate of drug-likeness (QED) is 0.678. The second kappa shape index (κ2) is 7.47. The van der Waals surface area contributed by atoms with Gasteiger partial charge in [0.15, 0.2) is 5.96 Å². The van der Waals surface area contributed by atoms with E-state index in [1.54, 1.807) is 7.11 Å². The van der Waals surface area contributed by atoms with Crippen LogP contribution in [0, 0.1) is 0 Å². The van der Waals surface area contributed by atoms with Crippen LogP contribution in [0.15, 0.2) is 29.3 Å². The fraction of sp³-hybridized carbons (Fsp3) is 0.500. The Morgan fingerprint density at radius 2 is 2.15 bits per heavy atom. The molecule has 1 aliphatic heterocycles. The molecule has 1 atom stereocenters. The highest BCUT2D eigenvalue weighted by molar-refractivity contribution is 6.31. The van der Waals surface area contributed by atoms with E-state index in [9.17, 15) is 0 Å². The van der Waals surface area contributed by atoms with Gasteiger partial charge in [0.25, 0.3) is 0 Å². The van der Waals surface area contributed by atoms with E-state index in [2.05, 4.69) is 4.99 Å². The van der Waals surface area contributed by atoms with Crippen LogP contribution in [0.3, 0.4) is 0 Å². The van der Waals surface area contributed by atoms with E-state index in [1.165, 1.54) is 0 Å². The smallest absolute Gasteiger partial charge is 0.191 e. The first-order valence-electron chi connectivity index (χ1n) is 6.62. The minimum absolute atomic E-state index is 0.191. The number of ether oxygens (including phenoxy) is 2. The molecule has 2 N–H and O–H groups in total. The Balaban J connectivity index is 2.01. The lowest BCUT2D eigenvalue weighted by molar-refractivity contribution is 0.0669. The SMILES string of the molecule is CO[C@H](CN=C(N)N1CCOCC1)c1ccccc1Cl. The maximum Gasteiger partial charge on any atom is 0.191 e. The van der Waals surface area contributed by atoms with Crippen LogP contribution in [0.1, 0.15) is 11.7 Å². The standard InChI is InChI=1S/C14H20ClN3O2/c1-19-13(11-4-2-3-5-12(11)15)10-17-14(16)18-6-8-20-9-7-18/h2-5,13H,6-10H2,1H3,(H2,16,17)/t13-/m1/s1. The number of aliphatic imine (C=N–C) groups is 1. The first kappa shape index (κ1) is 15.1. The van der Waals surface area contributed by atoms with Crippen molar-refractivity contribution in [3.8, 4) is 0 Å². The highest BCUT2D eigenvalue weighted by Gasteiger charge is 2.16. The molecule has 0 aliphatic carbocycles. The molecular formula is C14H20ClN3O2. The predicted octanol–water partition coefficient (Wildman–Crippen LogP) is 1.67. The lowest BCUT2D eigenvalue weighted by Crippen LogP contribution is -2.45. The van der Waals surface area contributed by atoms with Crippen LogP contribution in [0.2, 0.25) is 5.02 Å². The van der Waals surface area contributed by atoms with E-state index >= 15 is 0 Å².